The van der Waals surface area contributed by atoms with Crippen molar-refractivity contribution in [2.45, 2.75) is 6.92 Å². The van der Waals surface area contributed by atoms with Crippen molar-refractivity contribution >= 4 is 28.9 Å². The molecule has 1 aromatic rings. The molecule has 0 radical (unpaired) electrons. The van der Waals surface area contributed by atoms with Crippen LogP contribution in [-0.4, -0.2) is 17.6 Å². The lowest BCUT2D eigenvalue weighted by Gasteiger charge is -2.11. The van der Waals surface area contributed by atoms with E-state index in [2.05, 4.69) is 10.6 Å². The predicted molar refractivity (Wildman–Crippen MR) is 64.6 cm³/mol. The van der Waals surface area contributed by atoms with Crippen LogP contribution in [0.25, 0.3) is 0 Å². The number of hydrogen-bond acceptors (Lipinski definition) is 2. The molecule has 1 amide bonds. The third kappa shape index (κ3) is 3.82. The molecule has 0 aromatic heterocycles. The van der Waals surface area contributed by atoms with Crippen LogP contribution in [0.15, 0.2) is 18.2 Å². The van der Waals surface area contributed by atoms with E-state index in [1.54, 1.807) is 6.07 Å². The summed E-state index contributed by atoms with van der Waals surface area (Å²) in [4.78, 5) is 10.5. The van der Waals surface area contributed by atoms with Gasteiger partial charge in [-0.25, -0.2) is 4.39 Å². The monoisotopic (exact) mass is 241 g/mol. The van der Waals surface area contributed by atoms with Gasteiger partial charge in [0.05, 0.1) is 6.54 Å². The topological polar surface area (TPSA) is 67.2 Å². The van der Waals surface area contributed by atoms with Crippen LogP contribution in [0.2, 0.25) is 0 Å². The first-order chi connectivity index (χ1) is 7.49. The molecule has 0 aliphatic rings. The lowest BCUT2D eigenvalue weighted by molar-refractivity contribution is -0.116. The Morgan fingerprint density at radius 3 is 2.88 bits per heavy atom. The fourth-order valence-corrected chi connectivity index (χ4v) is 1.24. The highest BCUT2D eigenvalue weighted by Crippen LogP contribution is 2.15. The van der Waals surface area contributed by atoms with Gasteiger partial charge in [-0.15, -0.1) is 0 Å². The predicted octanol–water partition coefficient (Wildman–Crippen LogP) is 0.906. The smallest absolute Gasteiger partial charge is 0.236 e. The highest BCUT2D eigenvalue weighted by atomic mass is 32.1. The van der Waals surface area contributed by atoms with Crippen molar-refractivity contribution in [3.63, 3.8) is 0 Å². The van der Waals surface area contributed by atoms with E-state index in [1.165, 1.54) is 12.1 Å². The maximum absolute atomic E-state index is 12.9. The number of halogens is 1. The van der Waals surface area contributed by atoms with Gasteiger partial charge in [0.2, 0.25) is 5.91 Å². The highest BCUT2D eigenvalue weighted by Gasteiger charge is 2.03. The molecule has 0 aliphatic heterocycles. The number of benzene rings is 1. The largest absolute Gasteiger partial charge is 0.368 e. The second-order valence-corrected chi connectivity index (χ2v) is 3.64. The van der Waals surface area contributed by atoms with E-state index in [0.29, 0.717) is 5.69 Å². The normalized spacial score (nSPS) is 9.62. The molecular weight excluding hydrogens is 229 g/mol. The molecule has 1 rings (SSSR count). The molecule has 0 saturated carbocycles. The Morgan fingerprint density at radius 1 is 1.56 bits per heavy atom. The van der Waals surface area contributed by atoms with Crippen LogP contribution in [0, 0.1) is 12.7 Å². The minimum atomic E-state index is -0.514. The zero-order valence-corrected chi connectivity index (χ0v) is 9.53. The molecule has 4 N–H and O–H groups in total. The minimum absolute atomic E-state index is 0.0554. The maximum atomic E-state index is 12.9. The quantitative estimate of drug-likeness (QED) is 0.688. The van der Waals surface area contributed by atoms with Gasteiger partial charge in [-0.1, -0.05) is 6.07 Å². The number of aryl methyl sites for hydroxylation is 1. The maximum Gasteiger partial charge on any atom is 0.236 e. The Labute approximate surface area is 98.0 Å². The van der Waals surface area contributed by atoms with Crippen LogP contribution in [0.1, 0.15) is 5.56 Å². The van der Waals surface area contributed by atoms with Crippen molar-refractivity contribution in [3.05, 3.63) is 29.6 Å². The fourth-order valence-electron chi connectivity index (χ4n) is 1.06. The number of rotatable bonds is 3. The number of anilines is 1. The van der Waals surface area contributed by atoms with Crippen molar-refractivity contribution in [2.24, 2.45) is 5.73 Å². The average Bonchev–Trinajstić information content (AvgIpc) is 2.20. The summed E-state index contributed by atoms with van der Waals surface area (Å²) < 4.78 is 12.9. The first-order valence-corrected chi connectivity index (χ1v) is 4.99. The van der Waals surface area contributed by atoms with Gasteiger partial charge in [0.25, 0.3) is 0 Å². The van der Waals surface area contributed by atoms with Crippen LogP contribution in [0.5, 0.6) is 0 Å². The molecule has 16 heavy (non-hydrogen) atoms. The Morgan fingerprint density at radius 2 is 2.25 bits per heavy atom. The number of thiocarbonyl (C=S) groups is 1. The lowest BCUT2D eigenvalue weighted by Crippen LogP contribution is -2.36. The average molecular weight is 241 g/mol. The van der Waals surface area contributed by atoms with E-state index in [9.17, 15) is 9.18 Å². The SMILES string of the molecule is Cc1ccc(F)cc1NC(=S)NCC(N)=O. The molecule has 0 saturated heterocycles. The van der Waals surface area contributed by atoms with Gasteiger partial charge in [-0.05, 0) is 36.8 Å². The van der Waals surface area contributed by atoms with Crippen molar-refractivity contribution in [1.82, 2.24) is 5.32 Å². The van der Waals surface area contributed by atoms with Gasteiger partial charge in [0, 0.05) is 5.69 Å². The zero-order valence-electron chi connectivity index (χ0n) is 8.71. The molecule has 4 nitrogen and oxygen atoms in total. The summed E-state index contributed by atoms with van der Waals surface area (Å²) in [6, 6.07) is 4.32. The van der Waals surface area contributed by atoms with E-state index >= 15 is 0 Å². The van der Waals surface area contributed by atoms with Crippen LogP contribution in [0.4, 0.5) is 10.1 Å². The first kappa shape index (κ1) is 12.4. The van der Waals surface area contributed by atoms with Gasteiger partial charge >= 0.3 is 0 Å². The summed E-state index contributed by atoms with van der Waals surface area (Å²) >= 11 is 4.90. The number of carbonyl (C=O) groups excluding carboxylic acids is 1. The summed E-state index contributed by atoms with van der Waals surface area (Å²) in [6.45, 7) is 1.76. The standard InChI is InChI=1S/C10H12FN3OS/c1-6-2-3-7(11)4-8(6)14-10(16)13-5-9(12)15/h2-4H,5H2,1H3,(H2,12,15)(H2,13,14,16). The number of primary amides is 1. The first-order valence-electron chi connectivity index (χ1n) is 4.58. The van der Waals surface area contributed by atoms with E-state index < -0.39 is 5.91 Å². The second-order valence-electron chi connectivity index (χ2n) is 3.23. The third-order valence-electron chi connectivity index (χ3n) is 1.87. The van der Waals surface area contributed by atoms with Gasteiger partial charge in [0.15, 0.2) is 5.11 Å². The van der Waals surface area contributed by atoms with E-state index in [4.69, 9.17) is 18.0 Å². The molecule has 0 unspecified atom stereocenters. The molecule has 0 bridgehead atoms. The van der Waals surface area contributed by atoms with Gasteiger partial charge in [0.1, 0.15) is 5.82 Å². The van der Waals surface area contributed by atoms with Crippen molar-refractivity contribution in [3.8, 4) is 0 Å². The molecule has 1 aromatic carbocycles. The van der Waals surface area contributed by atoms with Crippen LogP contribution >= 0.6 is 12.2 Å². The van der Waals surface area contributed by atoms with Gasteiger partial charge < -0.3 is 16.4 Å². The summed E-state index contributed by atoms with van der Waals surface area (Å²) in [5.41, 5.74) is 6.35. The molecule has 0 aliphatic carbocycles. The summed E-state index contributed by atoms with van der Waals surface area (Å²) in [6.07, 6.45) is 0. The number of nitrogens with two attached hydrogens (primary N) is 1. The van der Waals surface area contributed by atoms with Crippen molar-refractivity contribution in [1.29, 1.82) is 0 Å². The lowest BCUT2D eigenvalue weighted by atomic mass is 10.2. The van der Waals surface area contributed by atoms with Gasteiger partial charge in [-0.3, -0.25) is 4.79 Å². The minimum Gasteiger partial charge on any atom is -0.368 e. The van der Waals surface area contributed by atoms with Gasteiger partial charge in [-0.2, -0.15) is 0 Å². The van der Waals surface area contributed by atoms with Crippen LogP contribution in [-0.2, 0) is 4.79 Å². The van der Waals surface area contributed by atoms with E-state index in [-0.39, 0.29) is 17.5 Å². The third-order valence-corrected chi connectivity index (χ3v) is 2.12. The Bertz CT molecular complexity index is 423. The van der Waals surface area contributed by atoms with Crippen LogP contribution in [0.3, 0.4) is 0 Å². The summed E-state index contributed by atoms with van der Waals surface area (Å²) in [5, 5.41) is 5.61. The molecule has 6 heteroatoms. The van der Waals surface area contributed by atoms with Crippen molar-refractivity contribution in [2.75, 3.05) is 11.9 Å². The number of hydrogen-bond donors (Lipinski definition) is 3. The molecular formula is C10H12FN3OS. The molecule has 0 atom stereocenters. The number of nitrogens with one attached hydrogen (secondary N) is 2. The Hall–Kier alpha value is -1.69. The number of amides is 1. The van der Waals surface area contributed by atoms with Crippen molar-refractivity contribution < 1.29 is 9.18 Å². The molecule has 86 valence electrons. The van der Waals surface area contributed by atoms with Crippen LogP contribution < -0.4 is 16.4 Å². The molecule has 0 fully saturated rings. The Kier molecular flexibility index (Phi) is 4.19. The molecule has 0 spiro atoms. The van der Waals surface area contributed by atoms with E-state index in [0.717, 1.165) is 5.56 Å². The summed E-state index contributed by atoms with van der Waals surface area (Å²) in [5.74, 6) is -0.870. The second kappa shape index (κ2) is 5.41. The Balaban J connectivity index is 2.62. The van der Waals surface area contributed by atoms with E-state index in [1.807, 2.05) is 6.92 Å². The fraction of sp³-hybridized carbons (Fsp3) is 0.200. The molecule has 0 heterocycles. The highest BCUT2D eigenvalue weighted by molar-refractivity contribution is 7.80. The zero-order chi connectivity index (χ0) is 12.1. The summed E-state index contributed by atoms with van der Waals surface area (Å²) in [7, 11) is 0. The number of carbonyl (C=O) groups is 1.